The molecule has 78 valence electrons. The van der Waals surface area contributed by atoms with Crippen LogP contribution in [0, 0.1) is 5.41 Å². The molecule has 0 bridgehead atoms. The number of hydrogen-bond acceptors (Lipinski definition) is 4. The Hall–Kier alpha value is -0.570. The molecule has 0 amide bonds. The van der Waals surface area contributed by atoms with Crippen LogP contribution in [0.5, 0.6) is 0 Å². The van der Waals surface area contributed by atoms with Gasteiger partial charge in [-0.2, -0.15) is 0 Å². The predicted octanol–water partition coefficient (Wildman–Crippen LogP) is 1.82. The van der Waals surface area contributed by atoms with E-state index >= 15 is 0 Å². The molecule has 5 heteroatoms. The lowest BCUT2D eigenvalue weighted by molar-refractivity contribution is 0.0648. The second-order valence-electron chi connectivity index (χ2n) is 3.06. The normalized spacial score (nSPS) is 11.4. The maximum absolute atomic E-state index is 6.49. The molecule has 13 heavy (non-hydrogen) atoms. The Kier molecular flexibility index (Phi) is 10.9. The van der Waals surface area contributed by atoms with Crippen LogP contribution in [0.1, 0.15) is 19.8 Å². The summed E-state index contributed by atoms with van der Waals surface area (Å²) in [4.78, 5) is 7.01. The Labute approximate surface area is 85.9 Å². The Balaban J connectivity index is 0. The Morgan fingerprint density at radius 2 is 2.15 bits per heavy atom. The molecule has 0 spiro atoms. The average molecular weight is 208 g/mol. The van der Waals surface area contributed by atoms with Gasteiger partial charge in [-0.25, -0.2) is 5.41 Å². The molecule has 0 fully saturated rings. The molecule has 0 aliphatic heterocycles. The summed E-state index contributed by atoms with van der Waals surface area (Å²) >= 11 is 0. The fourth-order valence-electron chi connectivity index (χ4n) is 0.864. The monoisotopic (exact) mass is 207 g/mol. The molecule has 1 unspecified atom stereocenters. The van der Waals surface area contributed by atoms with Crippen LogP contribution in [-0.2, 0) is 4.84 Å². The lowest BCUT2D eigenvalue weighted by Crippen LogP contribution is -2.15. The maximum Gasteiger partial charge on any atom is 0.132 e. The number of halogens is 1. The first-order chi connectivity index (χ1) is 5.66. The van der Waals surface area contributed by atoms with Crippen LogP contribution in [-0.4, -0.2) is 37.7 Å². The number of nitrogens with one attached hydrogen (secondary N) is 1. The summed E-state index contributed by atoms with van der Waals surface area (Å²) in [5.41, 5.74) is 0. The zero-order chi connectivity index (χ0) is 9.40. The van der Waals surface area contributed by atoms with Gasteiger partial charge in [-0.1, -0.05) is 0 Å². The first-order valence-corrected chi connectivity index (χ1v) is 4.09. The fraction of sp³-hybridized carbons (Fsp3) is 0.875. The van der Waals surface area contributed by atoms with Gasteiger partial charge in [0.2, 0.25) is 0 Å². The summed E-state index contributed by atoms with van der Waals surface area (Å²) in [5.74, 6) is 0. The van der Waals surface area contributed by atoms with Crippen molar-refractivity contribution in [3.63, 3.8) is 0 Å². The predicted molar refractivity (Wildman–Crippen MR) is 55.7 cm³/mol. The van der Waals surface area contributed by atoms with Crippen molar-refractivity contribution in [1.82, 2.24) is 4.90 Å². The molecule has 1 N–H and O–H groups in total. The van der Waals surface area contributed by atoms with Crippen molar-refractivity contribution < 1.29 is 4.84 Å². The van der Waals surface area contributed by atoms with E-state index in [1.165, 1.54) is 0 Å². The molecular weight excluding hydrogens is 190 g/mol. The van der Waals surface area contributed by atoms with Gasteiger partial charge in [0.05, 0.1) is 0 Å². The van der Waals surface area contributed by atoms with Gasteiger partial charge in [0.15, 0.2) is 0 Å². The van der Waals surface area contributed by atoms with Gasteiger partial charge >= 0.3 is 0 Å². The van der Waals surface area contributed by atoms with Crippen molar-refractivity contribution in [2.24, 2.45) is 5.16 Å². The van der Waals surface area contributed by atoms with Crippen molar-refractivity contribution in [3.8, 4) is 0 Å². The molecule has 0 rings (SSSR count). The SMILES string of the molecule is CC(CCCN(C)C)ON=C=N.Cl. The number of hydrogen-bond donors (Lipinski definition) is 1. The minimum atomic E-state index is 0. The zero-order valence-corrected chi connectivity index (χ0v) is 9.23. The van der Waals surface area contributed by atoms with Crippen LogP contribution in [0.3, 0.4) is 0 Å². The third-order valence-corrected chi connectivity index (χ3v) is 1.49. The molecule has 4 nitrogen and oxygen atoms in total. The van der Waals surface area contributed by atoms with Gasteiger partial charge in [0, 0.05) is 0 Å². The van der Waals surface area contributed by atoms with E-state index in [-0.39, 0.29) is 18.5 Å². The lowest BCUT2D eigenvalue weighted by Gasteiger charge is -2.11. The fourth-order valence-corrected chi connectivity index (χ4v) is 0.864. The first kappa shape index (κ1) is 14.9. The van der Waals surface area contributed by atoms with E-state index in [1.807, 2.05) is 27.0 Å². The maximum atomic E-state index is 6.49. The van der Waals surface area contributed by atoms with E-state index in [9.17, 15) is 0 Å². The molecular formula is C8H18ClN3O. The molecule has 0 saturated heterocycles. The van der Waals surface area contributed by atoms with Gasteiger partial charge in [-0.15, -0.1) is 12.4 Å². The minimum Gasteiger partial charge on any atom is -0.384 e. The quantitative estimate of drug-likeness (QED) is 0.534. The molecule has 0 saturated carbocycles. The van der Waals surface area contributed by atoms with E-state index in [4.69, 9.17) is 10.2 Å². The molecule has 0 aliphatic rings. The van der Waals surface area contributed by atoms with E-state index in [2.05, 4.69) is 10.1 Å². The number of rotatable bonds is 6. The molecule has 0 aromatic heterocycles. The molecule has 0 aromatic carbocycles. The summed E-state index contributed by atoms with van der Waals surface area (Å²) in [5, 5.41) is 9.76. The average Bonchev–Trinajstić information content (AvgIpc) is 2.00. The van der Waals surface area contributed by atoms with Crippen molar-refractivity contribution >= 4 is 18.4 Å². The van der Waals surface area contributed by atoms with Crippen molar-refractivity contribution in [2.45, 2.75) is 25.9 Å². The van der Waals surface area contributed by atoms with E-state index < -0.39 is 0 Å². The summed E-state index contributed by atoms with van der Waals surface area (Å²) in [6.07, 6.45) is 2.13. The van der Waals surface area contributed by atoms with Gasteiger partial charge < -0.3 is 9.74 Å². The summed E-state index contributed by atoms with van der Waals surface area (Å²) in [7, 11) is 4.09. The van der Waals surface area contributed by atoms with Crippen molar-refractivity contribution in [1.29, 1.82) is 5.41 Å². The molecule has 0 radical (unpaired) electrons. The Morgan fingerprint density at radius 1 is 1.54 bits per heavy atom. The van der Waals surface area contributed by atoms with Gasteiger partial charge in [-0.3, -0.25) is 0 Å². The van der Waals surface area contributed by atoms with E-state index in [1.54, 1.807) is 0 Å². The van der Waals surface area contributed by atoms with Crippen molar-refractivity contribution in [2.75, 3.05) is 20.6 Å². The summed E-state index contributed by atoms with van der Waals surface area (Å²) in [6.45, 7) is 3.00. The van der Waals surface area contributed by atoms with Crippen LogP contribution in [0.2, 0.25) is 0 Å². The van der Waals surface area contributed by atoms with Crippen LogP contribution >= 0.6 is 12.4 Å². The minimum absolute atomic E-state index is 0. The van der Waals surface area contributed by atoms with Crippen LogP contribution in [0.15, 0.2) is 5.16 Å². The van der Waals surface area contributed by atoms with Gasteiger partial charge in [0.25, 0.3) is 0 Å². The highest BCUT2D eigenvalue weighted by Crippen LogP contribution is 2.01. The second kappa shape index (κ2) is 9.52. The topological polar surface area (TPSA) is 48.7 Å². The summed E-state index contributed by atoms with van der Waals surface area (Å²) in [6, 6.07) is 1.84. The lowest BCUT2D eigenvalue weighted by atomic mass is 10.2. The molecule has 1 atom stereocenters. The molecule has 0 heterocycles. The smallest absolute Gasteiger partial charge is 0.132 e. The van der Waals surface area contributed by atoms with Gasteiger partial charge in [0.1, 0.15) is 12.1 Å². The highest BCUT2D eigenvalue weighted by Gasteiger charge is 2.01. The standard InChI is InChI=1S/C8H17N3O.ClH/c1-8(12-10-7-9)5-4-6-11(2)3;/h8-9H,4-6H2,1-3H3;1H. The molecule has 0 aromatic rings. The largest absolute Gasteiger partial charge is 0.384 e. The van der Waals surface area contributed by atoms with Gasteiger partial charge in [-0.05, 0) is 45.6 Å². The second-order valence-corrected chi connectivity index (χ2v) is 3.06. The first-order valence-electron chi connectivity index (χ1n) is 4.09. The van der Waals surface area contributed by atoms with Crippen LogP contribution in [0.4, 0.5) is 0 Å². The third-order valence-electron chi connectivity index (χ3n) is 1.49. The van der Waals surface area contributed by atoms with Crippen LogP contribution in [0.25, 0.3) is 0 Å². The van der Waals surface area contributed by atoms with Crippen LogP contribution < -0.4 is 0 Å². The molecule has 0 aliphatic carbocycles. The summed E-state index contributed by atoms with van der Waals surface area (Å²) < 4.78 is 0. The third kappa shape index (κ3) is 11.4. The highest BCUT2D eigenvalue weighted by molar-refractivity contribution is 5.85. The van der Waals surface area contributed by atoms with E-state index in [0.717, 1.165) is 19.4 Å². The zero-order valence-electron chi connectivity index (χ0n) is 8.41. The van der Waals surface area contributed by atoms with Crippen molar-refractivity contribution in [3.05, 3.63) is 0 Å². The number of nitrogens with zero attached hydrogens (tertiary/aromatic N) is 2. The Morgan fingerprint density at radius 3 is 2.62 bits per heavy atom. The highest BCUT2D eigenvalue weighted by atomic mass is 35.5. The van der Waals surface area contributed by atoms with E-state index in [0.29, 0.717) is 0 Å². The Bertz CT molecular complexity index is 157.